The summed E-state index contributed by atoms with van der Waals surface area (Å²) in [6.07, 6.45) is 7.38. The Morgan fingerprint density at radius 2 is 1.62 bits per heavy atom. The molecule has 3 aliphatic rings. The first kappa shape index (κ1) is 19.1. The Hall–Kier alpha value is -1.66. The summed E-state index contributed by atoms with van der Waals surface area (Å²) in [6, 6.07) is 0. The summed E-state index contributed by atoms with van der Waals surface area (Å²) in [5.74, 6) is -1.09. The van der Waals surface area contributed by atoms with Gasteiger partial charge in [-0.25, -0.2) is 4.79 Å². The molecule has 2 saturated heterocycles. The van der Waals surface area contributed by atoms with Crippen LogP contribution in [0.25, 0.3) is 0 Å². The van der Waals surface area contributed by atoms with Crippen molar-refractivity contribution in [1.82, 2.24) is 0 Å². The smallest absolute Gasteiger partial charge is 0.334 e. The van der Waals surface area contributed by atoms with Gasteiger partial charge in [0.25, 0.3) is 0 Å². The van der Waals surface area contributed by atoms with Gasteiger partial charge in [-0.15, -0.1) is 0 Å². The molecule has 2 aliphatic heterocycles. The molecule has 0 aromatic heterocycles. The molecule has 1 atom stereocenters. The van der Waals surface area contributed by atoms with Gasteiger partial charge in [0.15, 0.2) is 0 Å². The first-order valence-corrected chi connectivity index (χ1v) is 9.38. The maximum absolute atomic E-state index is 12.4. The zero-order chi connectivity index (χ0) is 18.6. The van der Waals surface area contributed by atoms with Crippen LogP contribution in [0.5, 0.6) is 0 Å². The third-order valence-corrected chi connectivity index (χ3v) is 5.81. The molecule has 0 N–H and O–H groups in total. The van der Waals surface area contributed by atoms with Crippen LogP contribution in [0, 0.1) is 16.7 Å². The van der Waals surface area contributed by atoms with Gasteiger partial charge in [-0.05, 0) is 19.3 Å². The Morgan fingerprint density at radius 3 is 2.12 bits per heavy atom. The lowest BCUT2D eigenvalue weighted by atomic mass is 9.84. The minimum absolute atomic E-state index is 0.0368. The highest BCUT2D eigenvalue weighted by Gasteiger charge is 2.40. The van der Waals surface area contributed by atoms with Crippen LogP contribution in [-0.4, -0.2) is 51.6 Å². The van der Waals surface area contributed by atoms with Crippen LogP contribution < -0.4 is 0 Å². The molecule has 0 aromatic carbocycles. The van der Waals surface area contributed by atoms with Crippen molar-refractivity contribution in [1.29, 1.82) is 0 Å². The second-order valence-electron chi connectivity index (χ2n) is 7.76. The first-order valence-electron chi connectivity index (χ1n) is 9.38. The number of hydrogen-bond acceptors (Lipinski definition) is 6. The SMILES string of the molecule is CCC1(COC(=O)C2=CC=C[C@H](C(=O)OCC3(CC)COC3)C2)COC1. The molecule has 0 bridgehead atoms. The summed E-state index contributed by atoms with van der Waals surface area (Å²) in [6.45, 7) is 7.41. The van der Waals surface area contributed by atoms with Crippen LogP contribution in [-0.2, 0) is 28.5 Å². The maximum Gasteiger partial charge on any atom is 0.334 e. The molecule has 0 radical (unpaired) electrons. The molecule has 6 nitrogen and oxygen atoms in total. The van der Waals surface area contributed by atoms with E-state index in [0.717, 1.165) is 12.8 Å². The Bertz CT molecular complexity index is 586. The summed E-state index contributed by atoms with van der Waals surface area (Å²) in [4.78, 5) is 24.7. The normalized spacial score (nSPS) is 25.5. The van der Waals surface area contributed by atoms with Crippen molar-refractivity contribution in [2.45, 2.75) is 33.1 Å². The molecule has 0 unspecified atom stereocenters. The molecule has 0 amide bonds. The van der Waals surface area contributed by atoms with Gasteiger partial charge >= 0.3 is 11.9 Å². The van der Waals surface area contributed by atoms with E-state index in [4.69, 9.17) is 18.9 Å². The van der Waals surface area contributed by atoms with E-state index in [0.29, 0.717) is 51.6 Å². The van der Waals surface area contributed by atoms with Gasteiger partial charge in [-0.3, -0.25) is 4.79 Å². The quantitative estimate of drug-likeness (QED) is 0.616. The molecule has 144 valence electrons. The molecule has 0 aromatic rings. The second kappa shape index (κ2) is 7.92. The van der Waals surface area contributed by atoms with Crippen LogP contribution in [0.2, 0.25) is 0 Å². The van der Waals surface area contributed by atoms with E-state index in [2.05, 4.69) is 13.8 Å². The van der Waals surface area contributed by atoms with Gasteiger partial charge < -0.3 is 18.9 Å². The minimum atomic E-state index is -0.440. The first-order chi connectivity index (χ1) is 12.5. The minimum Gasteiger partial charge on any atom is -0.464 e. The zero-order valence-electron chi connectivity index (χ0n) is 15.6. The predicted molar refractivity (Wildman–Crippen MR) is 94.3 cm³/mol. The molecule has 2 heterocycles. The lowest BCUT2D eigenvalue weighted by molar-refractivity contribution is -0.172. The summed E-state index contributed by atoms with van der Waals surface area (Å²) in [5.41, 5.74) is 0.432. The fourth-order valence-electron chi connectivity index (χ4n) is 3.20. The summed E-state index contributed by atoms with van der Waals surface area (Å²) >= 11 is 0. The summed E-state index contributed by atoms with van der Waals surface area (Å²) in [5, 5.41) is 0. The second-order valence-corrected chi connectivity index (χ2v) is 7.76. The van der Waals surface area contributed by atoms with Crippen molar-refractivity contribution in [3.8, 4) is 0 Å². The molecular formula is C20H28O6. The Kier molecular flexibility index (Phi) is 5.82. The van der Waals surface area contributed by atoms with Crippen LogP contribution in [0.15, 0.2) is 23.8 Å². The zero-order valence-corrected chi connectivity index (χ0v) is 15.6. The Morgan fingerprint density at radius 1 is 1.04 bits per heavy atom. The standard InChI is InChI=1S/C20H28O6/c1-3-19(9-23-10-19)13-25-17(21)15-6-5-7-16(8-15)18(22)26-14-20(4-2)11-24-12-20/h5-7,15H,3-4,8-14H2,1-2H3/t15-/m0/s1. The number of ether oxygens (including phenoxy) is 4. The fraction of sp³-hybridized carbons (Fsp3) is 0.700. The number of carbonyl (C=O) groups excluding carboxylic acids is 2. The lowest BCUT2D eigenvalue weighted by Gasteiger charge is -2.40. The van der Waals surface area contributed by atoms with Gasteiger partial charge in [0.2, 0.25) is 0 Å². The maximum atomic E-state index is 12.4. The van der Waals surface area contributed by atoms with Crippen molar-refractivity contribution in [2.75, 3.05) is 39.6 Å². The third kappa shape index (κ3) is 4.01. The van der Waals surface area contributed by atoms with E-state index >= 15 is 0 Å². The number of carbonyl (C=O) groups is 2. The molecule has 0 saturated carbocycles. The van der Waals surface area contributed by atoms with E-state index in [1.807, 2.05) is 0 Å². The van der Waals surface area contributed by atoms with Gasteiger partial charge in [0, 0.05) is 5.57 Å². The van der Waals surface area contributed by atoms with Crippen LogP contribution in [0.3, 0.4) is 0 Å². The van der Waals surface area contributed by atoms with Crippen molar-refractivity contribution >= 4 is 11.9 Å². The third-order valence-electron chi connectivity index (χ3n) is 5.81. The van der Waals surface area contributed by atoms with Crippen LogP contribution in [0.1, 0.15) is 33.1 Å². The highest BCUT2D eigenvalue weighted by Crippen LogP contribution is 2.33. The molecule has 6 heteroatoms. The Balaban J connectivity index is 1.47. The molecule has 3 rings (SSSR count). The van der Waals surface area contributed by atoms with Crippen molar-refractivity contribution in [3.05, 3.63) is 23.8 Å². The van der Waals surface area contributed by atoms with E-state index in [1.165, 1.54) is 0 Å². The molecular weight excluding hydrogens is 336 g/mol. The lowest BCUT2D eigenvalue weighted by Crippen LogP contribution is -2.46. The highest BCUT2D eigenvalue weighted by molar-refractivity contribution is 5.90. The number of rotatable bonds is 8. The summed E-state index contributed by atoms with van der Waals surface area (Å²) < 4.78 is 21.5. The van der Waals surface area contributed by atoms with Gasteiger partial charge in [-0.1, -0.05) is 32.1 Å². The van der Waals surface area contributed by atoms with E-state index in [-0.39, 0.29) is 22.8 Å². The molecule has 26 heavy (non-hydrogen) atoms. The number of allylic oxidation sites excluding steroid dienone is 2. The largest absolute Gasteiger partial charge is 0.464 e. The van der Waals surface area contributed by atoms with E-state index in [1.54, 1.807) is 18.2 Å². The van der Waals surface area contributed by atoms with E-state index < -0.39 is 5.92 Å². The average molecular weight is 364 g/mol. The van der Waals surface area contributed by atoms with Gasteiger partial charge in [0.1, 0.15) is 13.2 Å². The van der Waals surface area contributed by atoms with Gasteiger partial charge in [-0.2, -0.15) is 0 Å². The van der Waals surface area contributed by atoms with Crippen LogP contribution in [0.4, 0.5) is 0 Å². The van der Waals surface area contributed by atoms with E-state index in [9.17, 15) is 9.59 Å². The summed E-state index contributed by atoms with van der Waals surface area (Å²) in [7, 11) is 0. The predicted octanol–water partition coefficient (Wildman–Crippen LogP) is 2.43. The molecule has 2 fully saturated rings. The fourth-order valence-corrected chi connectivity index (χ4v) is 3.20. The van der Waals surface area contributed by atoms with Gasteiger partial charge in [0.05, 0.1) is 43.2 Å². The van der Waals surface area contributed by atoms with Crippen LogP contribution >= 0.6 is 0 Å². The number of esters is 2. The number of hydrogen-bond donors (Lipinski definition) is 0. The van der Waals surface area contributed by atoms with Crippen molar-refractivity contribution < 1.29 is 28.5 Å². The molecule has 0 spiro atoms. The van der Waals surface area contributed by atoms with Crippen molar-refractivity contribution in [3.63, 3.8) is 0 Å². The molecule has 1 aliphatic carbocycles. The Labute approximate surface area is 154 Å². The highest BCUT2D eigenvalue weighted by atomic mass is 16.6. The average Bonchev–Trinajstić information content (AvgIpc) is 2.60. The monoisotopic (exact) mass is 364 g/mol. The van der Waals surface area contributed by atoms with Crippen molar-refractivity contribution in [2.24, 2.45) is 16.7 Å². The topological polar surface area (TPSA) is 71.1 Å².